The van der Waals surface area contributed by atoms with Gasteiger partial charge in [0.25, 0.3) is 0 Å². The second-order valence-corrected chi connectivity index (χ2v) is 4.64. The summed E-state index contributed by atoms with van der Waals surface area (Å²) >= 11 is 0. The first-order chi connectivity index (χ1) is 9.24. The van der Waals surface area contributed by atoms with Gasteiger partial charge in [-0.2, -0.15) is 0 Å². The van der Waals surface area contributed by atoms with E-state index in [0.717, 1.165) is 10.9 Å². The number of carbonyl (C=O) groups is 1. The van der Waals surface area contributed by atoms with Crippen LogP contribution >= 0.6 is 0 Å². The maximum atomic E-state index is 13.1. The topological polar surface area (TPSA) is 34.5 Å². The fourth-order valence-electron chi connectivity index (χ4n) is 2.37. The molecule has 1 amide bonds. The highest BCUT2D eigenvalue weighted by Crippen LogP contribution is 2.17. The van der Waals surface area contributed by atoms with Crippen molar-refractivity contribution in [3.05, 3.63) is 36.3 Å². The number of fused-ring (bicyclic) bond motifs is 1. The Morgan fingerprint density at radius 3 is 2.84 bits per heavy atom. The van der Waals surface area contributed by atoms with Gasteiger partial charge in [-0.05, 0) is 24.3 Å². The van der Waals surface area contributed by atoms with Crippen LogP contribution in [0.15, 0.2) is 30.5 Å². The van der Waals surface area contributed by atoms with Crippen LogP contribution in [0.1, 0.15) is 0 Å². The first-order valence-corrected chi connectivity index (χ1v) is 6.34. The molecule has 0 radical (unpaired) electrons. The molecule has 1 aliphatic heterocycles. The van der Waals surface area contributed by atoms with Crippen LogP contribution in [0.25, 0.3) is 10.9 Å². The molecule has 0 bridgehead atoms. The van der Waals surface area contributed by atoms with Crippen molar-refractivity contribution in [1.82, 2.24) is 9.47 Å². The molecule has 3 rings (SSSR count). The molecule has 4 nitrogen and oxygen atoms in total. The number of ether oxygens (including phenoxy) is 1. The summed E-state index contributed by atoms with van der Waals surface area (Å²) in [4.78, 5) is 14.0. The fourth-order valence-corrected chi connectivity index (χ4v) is 2.37. The predicted octanol–water partition coefficient (Wildman–Crippen LogP) is 1.64. The van der Waals surface area contributed by atoms with Gasteiger partial charge in [-0.1, -0.05) is 0 Å². The van der Waals surface area contributed by atoms with Crippen LogP contribution in [0.5, 0.6) is 0 Å². The Bertz CT molecular complexity index is 603. The quantitative estimate of drug-likeness (QED) is 0.824. The summed E-state index contributed by atoms with van der Waals surface area (Å²) in [5.41, 5.74) is 0.878. The third-order valence-corrected chi connectivity index (χ3v) is 3.40. The summed E-state index contributed by atoms with van der Waals surface area (Å²) < 4.78 is 20.2. The fraction of sp³-hybridized carbons (Fsp3) is 0.357. The van der Waals surface area contributed by atoms with E-state index in [1.807, 2.05) is 16.8 Å². The Labute approximate surface area is 110 Å². The van der Waals surface area contributed by atoms with Gasteiger partial charge in [0.05, 0.1) is 13.2 Å². The lowest BCUT2D eigenvalue weighted by molar-refractivity contribution is -0.135. The molecule has 5 heteroatoms. The summed E-state index contributed by atoms with van der Waals surface area (Å²) in [6.45, 7) is 2.78. The van der Waals surface area contributed by atoms with Crippen LogP contribution in [-0.4, -0.2) is 41.7 Å². The highest BCUT2D eigenvalue weighted by Gasteiger charge is 2.17. The summed E-state index contributed by atoms with van der Waals surface area (Å²) in [5.74, 6) is -0.185. The first kappa shape index (κ1) is 12.2. The summed E-state index contributed by atoms with van der Waals surface area (Å²) in [6, 6.07) is 6.42. The van der Waals surface area contributed by atoms with Crippen LogP contribution in [-0.2, 0) is 16.1 Å². The molecule has 0 saturated carbocycles. The molecule has 1 aromatic heterocycles. The molecule has 1 fully saturated rings. The number of carbonyl (C=O) groups excluding carboxylic acids is 1. The standard InChI is InChI=1S/C14H15FN2O2/c15-12-1-2-13-11(9-12)3-4-17(13)10-14(18)16-5-7-19-8-6-16/h1-4,9H,5-8,10H2. The zero-order valence-corrected chi connectivity index (χ0v) is 10.5. The number of benzene rings is 1. The van der Waals surface area contributed by atoms with Crippen molar-refractivity contribution in [2.75, 3.05) is 26.3 Å². The van der Waals surface area contributed by atoms with E-state index >= 15 is 0 Å². The lowest BCUT2D eigenvalue weighted by Crippen LogP contribution is -2.42. The average Bonchev–Trinajstić information content (AvgIpc) is 2.82. The molecule has 1 aliphatic rings. The molecule has 2 heterocycles. The Morgan fingerprint density at radius 2 is 2.05 bits per heavy atom. The van der Waals surface area contributed by atoms with Gasteiger partial charge in [0.1, 0.15) is 12.4 Å². The number of amides is 1. The number of hydrogen-bond acceptors (Lipinski definition) is 2. The molecule has 100 valence electrons. The number of halogens is 1. The van der Waals surface area contributed by atoms with Gasteiger partial charge in [-0.25, -0.2) is 4.39 Å². The van der Waals surface area contributed by atoms with Gasteiger partial charge in [-0.3, -0.25) is 4.79 Å². The molecule has 0 aliphatic carbocycles. The van der Waals surface area contributed by atoms with E-state index in [-0.39, 0.29) is 18.3 Å². The maximum absolute atomic E-state index is 13.1. The van der Waals surface area contributed by atoms with E-state index in [1.165, 1.54) is 12.1 Å². The van der Waals surface area contributed by atoms with E-state index in [2.05, 4.69) is 0 Å². The lowest BCUT2D eigenvalue weighted by Gasteiger charge is -2.27. The molecule has 1 saturated heterocycles. The molecule has 0 unspecified atom stereocenters. The van der Waals surface area contributed by atoms with Crippen molar-refractivity contribution in [2.24, 2.45) is 0 Å². The third kappa shape index (κ3) is 2.46. The highest BCUT2D eigenvalue weighted by atomic mass is 19.1. The molecule has 2 aromatic rings. The van der Waals surface area contributed by atoms with Gasteiger partial charge < -0.3 is 14.2 Å². The Kier molecular flexibility index (Phi) is 3.21. The minimum atomic E-state index is -0.259. The number of rotatable bonds is 2. The molecule has 1 aromatic carbocycles. The molecule has 0 N–H and O–H groups in total. The van der Waals surface area contributed by atoms with E-state index in [9.17, 15) is 9.18 Å². The number of nitrogens with zero attached hydrogens (tertiary/aromatic N) is 2. The summed E-state index contributed by atoms with van der Waals surface area (Å²) in [7, 11) is 0. The SMILES string of the molecule is O=C(Cn1ccc2cc(F)ccc21)N1CCOCC1. The van der Waals surface area contributed by atoms with Crippen molar-refractivity contribution in [3.63, 3.8) is 0 Å². The normalized spacial score (nSPS) is 15.9. The van der Waals surface area contributed by atoms with E-state index < -0.39 is 0 Å². The second-order valence-electron chi connectivity index (χ2n) is 4.64. The predicted molar refractivity (Wildman–Crippen MR) is 69.3 cm³/mol. The molecule has 0 spiro atoms. The van der Waals surface area contributed by atoms with Gasteiger partial charge in [0.15, 0.2) is 0 Å². The average molecular weight is 262 g/mol. The van der Waals surface area contributed by atoms with Crippen molar-refractivity contribution < 1.29 is 13.9 Å². The largest absolute Gasteiger partial charge is 0.378 e. The van der Waals surface area contributed by atoms with Gasteiger partial charge in [0, 0.05) is 30.2 Å². The Morgan fingerprint density at radius 1 is 1.26 bits per heavy atom. The summed E-state index contributed by atoms with van der Waals surface area (Å²) in [5, 5.41) is 0.815. The zero-order chi connectivity index (χ0) is 13.2. The third-order valence-electron chi connectivity index (χ3n) is 3.40. The minimum absolute atomic E-state index is 0.0742. The summed E-state index contributed by atoms with van der Waals surface area (Å²) in [6.07, 6.45) is 1.82. The minimum Gasteiger partial charge on any atom is -0.378 e. The smallest absolute Gasteiger partial charge is 0.242 e. The van der Waals surface area contributed by atoms with E-state index in [0.29, 0.717) is 26.3 Å². The van der Waals surface area contributed by atoms with Crippen LogP contribution < -0.4 is 0 Å². The van der Waals surface area contributed by atoms with Crippen molar-refractivity contribution in [1.29, 1.82) is 0 Å². The molecular weight excluding hydrogens is 247 g/mol. The molecule has 0 atom stereocenters. The number of morpholine rings is 1. The first-order valence-electron chi connectivity index (χ1n) is 6.34. The zero-order valence-electron chi connectivity index (χ0n) is 10.5. The van der Waals surface area contributed by atoms with E-state index in [4.69, 9.17) is 4.74 Å². The molecule has 19 heavy (non-hydrogen) atoms. The van der Waals surface area contributed by atoms with Crippen molar-refractivity contribution in [2.45, 2.75) is 6.54 Å². The Balaban J connectivity index is 1.79. The van der Waals surface area contributed by atoms with Crippen molar-refractivity contribution in [3.8, 4) is 0 Å². The van der Waals surface area contributed by atoms with Gasteiger partial charge in [0.2, 0.25) is 5.91 Å². The lowest BCUT2D eigenvalue weighted by atomic mass is 10.2. The van der Waals surface area contributed by atoms with E-state index in [1.54, 1.807) is 11.0 Å². The maximum Gasteiger partial charge on any atom is 0.242 e. The van der Waals surface area contributed by atoms with Crippen LogP contribution in [0.3, 0.4) is 0 Å². The van der Waals surface area contributed by atoms with Gasteiger partial charge >= 0.3 is 0 Å². The highest BCUT2D eigenvalue weighted by molar-refractivity contribution is 5.83. The van der Waals surface area contributed by atoms with Crippen molar-refractivity contribution >= 4 is 16.8 Å². The van der Waals surface area contributed by atoms with Gasteiger partial charge in [-0.15, -0.1) is 0 Å². The molecular formula is C14H15FN2O2. The number of hydrogen-bond donors (Lipinski definition) is 0. The number of aromatic nitrogens is 1. The van der Waals surface area contributed by atoms with Crippen LogP contribution in [0, 0.1) is 5.82 Å². The Hall–Kier alpha value is -1.88. The monoisotopic (exact) mass is 262 g/mol. The van der Waals surface area contributed by atoms with Crippen LogP contribution in [0.4, 0.5) is 4.39 Å². The second kappa shape index (κ2) is 5.01. The van der Waals surface area contributed by atoms with Crippen LogP contribution in [0.2, 0.25) is 0 Å².